The minimum absolute atomic E-state index is 0.0134. The van der Waals surface area contributed by atoms with Gasteiger partial charge in [0.1, 0.15) is 0 Å². The molecule has 2 aliphatic heterocycles. The first-order valence-corrected chi connectivity index (χ1v) is 9.79. The van der Waals surface area contributed by atoms with Gasteiger partial charge in [-0.25, -0.2) is 4.79 Å². The molecule has 1 atom stereocenters. The molecule has 0 saturated carbocycles. The van der Waals surface area contributed by atoms with E-state index in [4.69, 9.17) is 16.3 Å². The summed E-state index contributed by atoms with van der Waals surface area (Å²) in [5, 5.41) is 3.85. The number of carbonyl (C=O) groups is 1. The van der Waals surface area contributed by atoms with Crippen molar-refractivity contribution < 1.29 is 9.53 Å². The Hall–Kier alpha value is -1.50. The highest BCUT2D eigenvalue weighted by Gasteiger charge is 2.23. The third-order valence-electron chi connectivity index (χ3n) is 5.20. The SMILES string of the molecule is CN(CCN1CCOCC1)C(=O)NCC1CCN(c2cccc(Cl)c2)C1. The molecule has 0 aliphatic carbocycles. The van der Waals surface area contributed by atoms with Crippen LogP contribution in [0.4, 0.5) is 10.5 Å². The molecule has 1 aromatic rings. The zero-order valence-electron chi connectivity index (χ0n) is 15.5. The molecule has 3 rings (SSSR count). The van der Waals surface area contributed by atoms with E-state index in [0.717, 1.165) is 76.2 Å². The van der Waals surface area contributed by atoms with Crippen molar-refractivity contribution in [1.29, 1.82) is 0 Å². The smallest absolute Gasteiger partial charge is 0.317 e. The lowest BCUT2D eigenvalue weighted by Crippen LogP contribution is -2.45. The molecule has 144 valence electrons. The Morgan fingerprint density at radius 2 is 2.15 bits per heavy atom. The van der Waals surface area contributed by atoms with Gasteiger partial charge in [-0.15, -0.1) is 0 Å². The number of hydrogen-bond acceptors (Lipinski definition) is 4. The van der Waals surface area contributed by atoms with Crippen LogP contribution in [0.2, 0.25) is 5.02 Å². The molecular weight excluding hydrogens is 352 g/mol. The van der Waals surface area contributed by atoms with E-state index < -0.39 is 0 Å². The summed E-state index contributed by atoms with van der Waals surface area (Å²) >= 11 is 6.08. The maximum Gasteiger partial charge on any atom is 0.317 e. The number of morpholine rings is 1. The Balaban J connectivity index is 1.36. The average molecular weight is 381 g/mol. The van der Waals surface area contributed by atoms with Gasteiger partial charge in [-0.05, 0) is 30.5 Å². The van der Waals surface area contributed by atoms with Crippen LogP contribution in [0.5, 0.6) is 0 Å². The van der Waals surface area contributed by atoms with Crippen molar-refractivity contribution in [2.45, 2.75) is 6.42 Å². The number of benzene rings is 1. The summed E-state index contributed by atoms with van der Waals surface area (Å²) < 4.78 is 5.35. The van der Waals surface area contributed by atoms with Crippen LogP contribution in [0.15, 0.2) is 24.3 Å². The monoisotopic (exact) mass is 380 g/mol. The zero-order chi connectivity index (χ0) is 18.4. The number of ether oxygens (including phenoxy) is 1. The van der Waals surface area contributed by atoms with E-state index in [0.29, 0.717) is 5.92 Å². The van der Waals surface area contributed by atoms with Crippen LogP contribution >= 0.6 is 11.6 Å². The number of nitrogens with zero attached hydrogens (tertiary/aromatic N) is 3. The van der Waals surface area contributed by atoms with Gasteiger partial charge in [-0.3, -0.25) is 4.90 Å². The normalized spacial score (nSPS) is 21.0. The highest BCUT2D eigenvalue weighted by atomic mass is 35.5. The molecule has 6 nitrogen and oxygen atoms in total. The van der Waals surface area contributed by atoms with Gasteiger partial charge in [0.2, 0.25) is 0 Å². The summed E-state index contributed by atoms with van der Waals surface area (Å²) in [6, 6.07) is 7.98. The maximum absolute atomic E-state index is 12.3. The van der Waals surface area contributed by atoms with E-state index in [2.05, 4.69) is 21.2 Å². The van der Waals surface area contributed by atoms with Crippen LogP contribution in [0, 0.1) is 5.92 Å². The van der Waals surface area contributed by atoms with Crippen molar-refractivity contribution >= 4 is 23.3 Å². The third kappa shape index (κ3) is 5.50. The molecule has 2 amide bonds. The lowest BCUT2D eigenvalue weighted by molar-refractivity contribution is 0.0357. The Labute approximate surface area is 161 Å². The lowest BCUT2D eigenvalue weighted by Gasteiger charge is -2.28. The van der Waals surface area contributed by atoms with Crippen molar-refractivity contribution in [3.05, 3.63) is 29.3 Å². The van der Waals surface area contributed by atoms with Gasteiger partial charge in [0.25, 0.3) is 0 Å². The topological polar surface area (TPSA) is 48.1 Å². The van der Waals surface area contributed by atoms with Gasteiger partial charge in [-0.2, -0.15) is 0 Å². The Morgan fingerprint density at radius 1 is 1.35 bits per heavy atom. The van der Waals surface area contributed by atoms with E-state index in [9.17, 15) is 4.79 Å². The molecule has 0 spiro atoms. The van der Waals surface area contributed by atoms with Crippen LogP contribution in [0.25, 0.3) is 0 Å². The second-order valence-corrected chi connectivity index (χ2v) is 7.58. The average Bonchev–Trinajstić information content (AvgIpc) is 3.14. The number of likely N-dealkylation sites (N-methyl/N-ethyl adjacent to an activating group) is 1. The quantitative estimate of drug-likeness (QED) is 0.821. The molecule has 1 aromatic carbocycles. The Morgan fingerprint density at radius 3 is 2.92 bits per heavy atom. The fraction of sp³-hybridized carbons (Fsp3) is 0.632. The molecular formula is C19H29ClN4O2. The van der Waals surface area contributed by atoms with E-state index in [1.54, 1.807) is 4.90 Å². The highest BCUT2D eigenvalue weighted by molar-refractivity contribution is 6.30. The van der Waals surface area contributed by atoms with E-state index >= 15 is 0 Å². The Bertz CT molecular complexity index is 595. The van der Waals surface area contributed by atoms with Crippen molar-refractivity contribution in [2.75, 3.05) is 71.0 Å². The fourth-order valence-electron chi connectivity index (χ4n) is 3.49. The summed E-state index contributed by atoms with van der Waals surface area (Å²) in [5.41, 5.74) is 1.16. The molecule has 2 saturated heterocycles. The predicted molar refractivity (Wildman–Crippen MR) is 105 cm³/mol. The third-order valence-corrected chi connectivity index (χ3v) is 5.44. The van der Waals surface area contributed by atoms with Gasteiger partial charge in [-0.1, -0.05) is 17.7 Å². The molecule has 1 N–H and O–H groups in total. The molecule has 0 radical (unpaired) electrons. The lowest BCUT2D eigenvalue weighted by atomic mass is 10.1. The minimum atomic E-state index is 0.0134. The van der Waals surface area contributed by atoms with Crippen LogP contribution in [-0.4, -0.2) is 81.9 Å². The molecule has 2 fully saturated rings. The fourth-order valence-corrected chi connectivity index (χ4v) is 3.68. The zero-order valence-corrected chi connectivity index (χ0v) is 16.2. The number of carbonyl (C=O) groups excluding carboxylic acids is 1. The molecule has 2 aliphatic rings. The number of nitrogens with one attached hydrogen (secondary N) is 1. The van der Waals surface area contributed by atoms with Crippen molar-refractivity contribution in [1.82, 2.24) is 15.1 Å². The number of halogens is 1. The van der Waals surface area contributed by atoms with Crippen LogP contribution in [0.3, 0.4) is 0 Å². The second-order valence-electron chi connectivity index (χ2n) is 7.14. The Kier molecular flexibility index (Phi) is 7.00. The number of amides is 2. The molecule has 26 heavy (non-hydrogen) atoms. The molecule has 1 unspecified atom stereocenters. The molecule has 2 heterocycles. The van der Waals surface area contributed by atoms with Crippen LogP contribution in [0.1, 0.15) is 6.42 Å². The summed E-state index contributed by atoms with van der Waals surface area (Å²) in [6.45, 7) is 7.82. The molecule has 7 heteroatoms. The number of urea groups is 1. The number of anilines is 1. The van der Waals surface area contributed by atoms with Crippen LogP contribution in [-0.2, 0) is 4.74 Å². The maximum atomic E-state index is 12.3. The standard InChI is InChI=1S/C19H29ClN4O2/c1-22(7-8-23-9-11-26-12-10-23)19(25)21-14-16-5-6-24(15-16)18-4-2-3-17(20)13-18/h2-4,13,16H,5-12,14-15H2,1H3,(H,21,25). The van der Waals surface area contributed by atoms with E-state index in [1.807, 2.05) is 25.2 Å². The van der Waals surface area contributed by atoms with Crippen LogP contribution < -0.4 is 10.2 Å². The summed E-state index contributed by atoms with van der Waals surface area (Å²) in [6.07, 6.45) is 1.09. The predicted octanol–water partition coefficient (Wildman–Crippen LogP) is 2.14. The van der Waals surface area contributed by atoms with Gasteiger partial charge in [0, 0.05) is 63.6 Å². The molecule has 0 aromatic heterocycles. The first kappa shape index (κ1) is 19.3. The van der Waals surface area contributed by atoms with E-state index in [1.165, 1.54) is 0 Å². The summed E-state index contributed by atoms with van der Waals surface area (Å²) in [4.78, 5) is 18.8. The van der Waals surface area contributed by atoms with E-state index in [-0.39, 0.29) is 6.03 Å². The van der Waals surface area contributed by atoms with Gasteiger partial charge in [0.05, 0.1) is 13.2 Å². The number of rotatable bonds is 6. The first-order chi connectivity index (χ1) is 12.6. The van der Waals surface area contributed by atoms with Crippen molar-refractivity contribution in [3.8, 4) is 0 Å². The number of hydrogen-bond donors (Lipinski definition) is 1. The van der Waals surface area contributed by atoms with Gasteiger partial charge >= 0.3 is 6.03 Å². The van der Waals surface area contributed by atoms with Crippen molar-refractivity contribution in [2.24, 2.45) is 5.92 Å². The van der Waals surface area contributed by atoms with Crippen molar-refractivity contribution in [3.63, 3.8) is 0 Å². The van der Waals surface area contributed by atoms with Gasteiger partial charge < -0.3 is 19.9 Å². The highest BCUT2D eigenvalue weighted by Crippen LogP contribution is 2.25. The largest absolute Gasteiger partial charge is 0.379 e. The summed E-state index contributed by atoms with van der Waals surface area (Å²) in [7, 11) is 1.86. The first-order valence-electron chi connectivity index (χ1n) is 9.41. The second kappa shape index (κ2) is 9.44. The summed E-state index contributed by atoms with van der Waals surface area (Å²) in [5.74, 6) is 0.477. The van der Waals surface area contributed by atoms with Gasteiger partial charge in [0.15, 0.2) is 0 Å². The minimum Gasteiger partial charge on any atom is -0.379 e. The molecule has 0 bridgehead atoms.